The van der Waals surface area contributed by atoms with Crippen LogP contribution in [0.15, 0.2) is 18.3 Å². The quantitative estimate of drug-likeness (QED) is 0.765. The number of piperidine rings is 1. The van der Waals surface area contributed by atoms with Crippen LogP contribution >= 0.6 is 0 Å². The highest BCUT2D eigenvalue weighted by Crippen LogP contribution is 2.41. The van der Waals surface area contributed by atoms with Crippen LogP contribution in [0.2, 0.25) is 0 Å². The summed E-state index contributed by atoms with van der Waals surface area (Å²) in [7, 11) is 0. The number of alkyl halides is 3. The molecule has 3 heterocycles. The number of ether oxygens (including phenoxy) is 1. The van der Waals surface area contributed by atoms with Gasteiger partial charge in [-0.15, -0.1) is 0 Å². The lowest BCUT2D eigenvalue weighted by Crippen LogP contribution is -2.40. The topological polar surface area (TPSA) is 71.5 Å². The largest absolute Gasteiger partial charge is 0.490 e. The van der Waals surface area contributed by atoms with Gasteiger partial charge >= 0.3 is 12.1 Å². The highest BCUT2D eigenvalue weighted by molar-refractivity contribution is 5.73. The molecule has 5 nitrogen and oxygen atoms in total. The Hall–Kier alpha value is -1.67. The van der Waals surface area contributed by atoms with Crippen LogP contribution in [-0.4, -0.2) is 35.3 Å². The van der Waals surface area contributed by atoms with Crippen molar-refractivity contribution < 1.29 is 27.8 Å². The van der Waals surface area contributed by atoms with E-state index in [1.165, 1.54) is 11.3 Å². The molecule has 116 valence electrons. The second-order valence-corrected chi connectivity index (χ2v) is 4.85. The number of fused-ring (bicyclic) bond motifs is 2. The molecule has 2 aliphatic heterocycles. The zero-order chi connectivity index (χ0) is 15.5. The maximum atomic E-state index is 10.6. The standard InChI is InChI=1S/C11H14N2O.C2HF3O2/c1-2-9-8-14-11(10(9)13-5-1)3-6-12-7-4-11;3-2(4,5)1(6)7/h1-2,5,12H,3-4,6-8H2;(H,6,7). The molecular weight excluding hydrogens is 289 g/mol. The summed E-state index contributed by atoms with van der Waals surface area (Å²) >= 11 is 0. The van der Waals surface area contributed by atoms with Crippen LogP contribution in [0.1, 0.15) is 24.1 Å². The summed E-state index contributed by atoms with van der Waals surface area (Å²) in [5.74, 6) is -2.76. The van der Waals surface area contributed by atoms with E-state index in [4.69, 9.17) is 14.6 Å². The minimum atomic E-state index is -5.08. The van der Waals surface area contributed by atoms with Crippen LogP contribution in [-0.2, 0) is 21.7 Å². The molecule has 1 saturated heterocycles. The fourth-order valence-electron chi connectivity index (χ4n) is 2.46. The lowest BCUT2D eigenvalue weighted by molar-refractivity contribution is -0.192. The van der Waals surface area contributed by atoms with E-state index in [0.29, 0.717) is 0 Å². The van der Waals surface area contributed by atoms with Gasteiger partial charge in [-0.1, -0.05) is 6.07 Å². The fourth-order valence-corrected chi connectivity index (χ4v) is 2.46. The van der Waals surface area contributed by atoms with Crippen molar-refractivity contribution >= 4 is 5.97 Å². The molecule has 0 saturated carbocycles. The number of halogens is 3. The SMILES string of the molecule is O=C(O)C(F)(F)F.c1cnc2c(c1)COC21CCNCC1. The molecule has 8 heteroatoms. The number of aliphatic carboxylic acids is 1. The Morgan fingerprint density at radius 2 is 2.00 bits per heavy atom. The van der Waals surface area contributed by atoms with E-state index in [1.807, 2.05) is 12.3 Å². The Morgan fingerprint density at radius 3 is 2.57 bits per heavy atom. The summed E-state index contributed by atoms with van der Waals surface area (Å²) in [6.07, 6.45) is -1.11. The number of carboxylic acid groups (broad SMARTS) is 1. The summed E-state index contributed by atoms with van der Waals surface area (Å²) in [4.78, 5) is 13.4. The second-order valence-electron chi connectivity index (χ2n) is 4.85. The van der Waals surface area contributed by atoms with Gasteiger partial charge in [-0.3, -0.25) is 4.98 Å². The molecule has 1 fully saturated rings. The van der Waals surface area contributed by atoms with Crippen molar-refractivity contribution in [1.82, 2.24) is 10.3 Å². The average molecular weight is 304 g/mol. The van der Waals surface area contributed by atoms with E-state index in [1.54, 1.807) is 0 Å². The van der Waals surface area contributed by atoms with Crippen molar-refractivity contribution in [2.75, 3.05) is 13.1 Å². The molecule has 2 N–H and O–H groups in total. The number of pyridine rings is 1. The van der Waals surface area contributed by atoms with Gasteiger partial charge in [-0.25, -0.2) is 4.79 Å². The van der Waals surface area contributed by atoms with Gasteiger partial charge in [0.05, 0.1) is 12.3 Å². The van der Waals surface area contributed by atoms with E-state index in [2.05, 4.69) is 16.4 Å². The molecule has 0 amide bonds. The molecule has 0 radical (unpaired) electrons. The number of nitrogens with one attached hydrogen (secondary N) is 1. The first-order valence-electron chi connectivity index (χ1n) is 6.44. The third-order valence-electron chi connectivity index (χ3n) is 3.48. The number of carboxylic acids is 1. The minimum Gasteiger partial charge on any atom is -0.475 e. The zero-order valence-corrected chi connectivity index (χ0v) is 11.1. The van der Waals surface area contributed by atoms with E-state index in [9.17, 15) is 13.2 Å². The zero-order valence-electron chi connectivity index (χ0n) is 11.1. The Balaban J connectivity index is 0.000000199. The molecule has 1 spiro atoms. The molecule has 0 aliphatic carbocycles. The molecule has 3 rings (SSSR count). The first kappa shape index (κ1) is 15.7. The number of aromatic nitrogens is 1. The van der Waals surface area contributed by atoms with Crippen molar-refractivity contribution in [2.45, 2.75) is 31.2 Å². The molecule has 0 atom stereocenters. The molecule has 21 heavy (non-hydrogen) atoms. The van der Waals surface area contributed by atoms with Gasteiger partial charge in [0.2, 0.25) is 0 Å². The van der Waals surface area contributed by atoms with Crippen LogP contribution in [0.3, 0.4) is 0 Å². The Labute approximate surface area is 119 Å². The van der Waals surface area contributed by atoms with Crippen molar-refractivity contribution in [3.05, 3.63) is 29.6 Å². The van der Waals surface area contributed by atoms with Crippen LogP contribution in [0.25, 0.3) is 0 Å². The van der Waals surface area contributed by atoms with Crippen LogP contribution in [0.5, 0.6) is 0 Å². The van der Waals surface area contributed by atoms with Gasteiger partial charge in [-0.05, 0) is 32.0 Å². The Bertz CT molecular complexity index is 508. The fraction of sp³-hybridized carbons (Fsp3) is 0.538. The summed E-state index contributed by atoms with van der Waals surface area (Å²) in [5.41, 5.74) is 2.39. The van der Waals surface area contributed by atoms with Crippen molar-refractivity contribution in [2.24, 2.45) is 0 Å². The predicted molar refractivity (Wildman–Crippen MR) is 66.5 cm³/mol. The molecule has 1 aromatic rings. The van der Waals surface area contributed by atoms with Gasteiger partial charge in [0.1, 0.15) is 5.60 Å². The van der Waals surface area contributed by atoms with Crippen molar-refractivity contribution in [3.8, 4) is 0 Å². The normalized spacial score (nSPS) is 19.6. The van der Waals surface area contributed by atoms with Crippen LogP contribution < -0.4 is 5.32 Å². The number of hydrogen-bond donors (Lipinski definition) is 2. The van der Waals surface area contributed by atoms with E-state index >= 15 is 0 Å². The highest BCUT2D eigenvalue weighted by atomic mass is 19.4. The Kier molecular flexibility index (Phi) is 4.48. The highest BCUT2D eigenvalue weighted by Gasteiger charge is 2.42. The van der Waals surface area contributed by atoms with Crippen molar-refractivity contribution in [1.29, 1.82) is 0 Å². The first-order valence-corrected chi connectivity index (χ1v) is 6.44. The lowest BCUT2D eigenvalue weighted by Gasteiger charge is -2.32. The lowest BCUT2D eigenvalue weighted by atomic mass is 9.88. The molecule has 0 aromatic carbocycles. The van der Waals surface area contributed by atoms with E-state index in [0.717, 1.165) is 32.5 Å². The van der Waals surface area contributed by atoms with Gasteiger partial charge in [0.25, 0.3) is 0 Å². The van der Waals surface area contributed by atoms with Crippen LogP contribution in [0, 0.1) is 0 Å². The summed E-state index contributed by atoms with van der Waals surface area (Å²) in [6, 6.07) is 4.11. The summed E-state index contributed by atoms with van der Waals surface area (Å²) < 4.78 is 37.7. The first-order chi connectivity index (χ1) is 9.85. The van der Waals surface area contributed by atoms with E-state index in [-0.39, 0.29) is 5.60 Å². The Morgan fingerprint density at radius 1 is 1.38 bits per heavy atom. The smallest absolute Gasteiger partial charge is 0.475 e. The number of hydrogen-bond acceptors (Lipinski definition) is 4. The molecular formula is C13H15F3N2O3. The summed E-state index contributed by atoms with van der Waals surface area (Å²) in [6.45, 7) is 2.81. The minimum absolute atomic E-state index is 0.0676. The monoisotopic (exact) mass is 304 g/mol. The van der Waals surface area contributed by atoms with Gasteiger partial charge in [0.15, 0.2) is 0 Å². The van der Waals surface area contributed by atoms with Crippen LogP contribution in [0.4, 0.5) is 13.2 Å². The molecule has 2 aliphatic rings. The third kappa shape index (κ3) is 3.51. The van der Waals surface area contributed by atoms with Gasteiger partial charge < -0.3 is 15.2 Å². The average Bonchev–Trinajstić information content (AvgIpc) is 2.79. The molecule has 0 unspecified atom stereocenters. The molecule has 0 bridgehead atoms. The maximum Gasteiger partial charge on any atom is 0.490 e. The second kappa shape index (κ2) is 5.98. The molecule has 1 aromatic heterocycles. The van der Waals surface area contributed by atoms with E-state index < -0.39 is 12.1 Å². The number of rotatable bonds is 0. The van der Waals surface area contributed by atoms with Gasteiger partial charge in [-0.2, -0.15) is 13.2 Å². The number of nitrogens with zero attached hydrogens (tertiary/aromatic N) is 1. The number of carbonyl (C=O) groups is 1. The van der Waals surface area contributed by atoms with Gasteiger partial charge in [0, 0.05) is 11.8 Å². The summed E-state index contributed by atoms with van der Waals surface area (Å²) in [5, 5.41) is 10.5. The third-order valence-corrected chi connectivity index (χ3v) is 3.48. The predicted octanol–water partition coefficient (Wildman–Crippen LogP) is 1.82. The maximum absolute atomic E-state index is 10.6. The van der Waals surface area contributed by atoms with Crippen molar-refractivity contribution in [3.63, 3.8) is 0 Å².